The lowest BCUT2D eigenvalue weighted by atomic mass is 9.79. The third kappa shape index (κ3) is 7.76. The highest BCUT2D eigenvalue weighted by Crippen LogP contribution is 2.31. The summed E-state index contributed by atoms with van der Waals surface area (Å²) < 4.78 is 41.0. The molecule has 1 atom stereocenters. The van der Waals surface area contributed by atoms with Crippen LogP contribution in [-0.4, -0.2) is 45.6 Å². The number of nitrogens with one attached hydrogen (secondary N) is 2. The number of carbonyl (C=O) groups is 3. The van der Waals surface area contributed by atoms with Gasteiger partial charge in [-0.15, -0.1) is 13.2 Å². The average Bonchev–Trinajstić information content (AvgIpc) is 2.86. The second-order valence-corrected chi connectivity index (χ2v) is 9.56. The number of hydrogen-bond acceptors (Lipinski definition) is 6. The summed E-state index contributed by atoms with van der Waals surface area (Å²) in [6.07, 6.45) is -3.81. The topological polar surface area (TPSA) is 138 Å². The number of alkyl halides is 3. The normalized spacial score (nSPS) is 12.5. The number of ether oxygens (including phenoxy) is 1. The van der Waals surface area contributed by atoms with Crippen LogP contribution in [0.15, 0.2) is 59.5 Å². The smallest absolute Gasteiger partial charge is 0.481 e. The predicted octanol–water partition coefficient (Wildman–Crippen LogP) is 4.34. The van der Waals surface area contributed by atoms with Crippen molar-refractivity contribution < 1.29 is 37.4 Å². The zero-order valence-corrected chi connectivity index (χ0v) is 21.3. The third-order valence-electron chi connectivity index (χ3n) is 6.00. The van der Waals surface area contributed by atoms with Gasteiger partial charge in [0.1, 0.15) is 11.3 Å². The Morgan fingerprint density at radius 2 is 1.59 bits per heavy atom. The molecule has 206 valence electrons. The van der Waals surface area contributed by atoms with Gasteiger partial charge in [-0.2, -0.15) is 0 Å². The molecule has 3 rings (SSSR count). The number of benzene rings is 2. The van der Waals surface area contributed by atoms with Crippen molar-refractivity contribution in [3.05, 3.63) is 82.0 Å². The maximum Gasteiger partial charge on any atom is 0.573 e. The Bertz CT molecular complexity index is 1410. The summed E-state index contributed by atoms with van der Waals surface area (Å²) in [5, 5.41) is 11.2. The molecule has 3 aromatic rings. The minimum absolute atomic E-state index is 0.0533. The van der Waals surface area contributed by atoms with Crippen LogP contribution < -0.4 is 15.6 Å². The van der Waals surface area contributed by atoms with Crippen LogP contribution in [0.1, 0.15) is 53.7 Å². The van der Waals surface area contributed by atoms with Crippen LogP contribution in [0, 0.1) is 5.92 Å². The monoisotopic (exact) mass is 545 g/mol. The summed E-state index contributed by atoms with van der Waals surface area (Å²) in [5.41, 5.74) is 0.474. The van der Waals surface area contributed by atoms with Gasteiger partial charge in [-0.05, 0) is 34.2 Å². The van der Waals surface area contributed by atoms with Crippen LogP contribution in [0.2, 0.25) is 0 Å². The molecule has 1 heterocycles. The zero-order chi connectivity index (χ0) is 29.0. The van der Waals surface area contributed by atoms with Gasteiger partial charge in [0.25, 0.3) is 11.5 Å². The molecule has 1 amide bonds. The standard InChI is InChI=1S/C27H26F3N3O6/c1-15(25(37)38)13-32-24(36)22-31-14-20(23(35)33-22)21(34)12-26(2,3)18-8-4-16(5-9-18)17-6-10-19(11-7-17)39-27(28,29)30/h4-11,14-15H,12-13H2,1-3H3,(H,32,36)(H,37,38)(H,31,33,35). The summed E-state index contributed by atoms with van der Waals surface area (Å²) in [4.78, 5) is 54.6. The van der Waals surface area contributed by atoms with Crippen molar-refractivity contribution in [2.24, 2.45) is 5.92 Å². The number of aromatic amines is 1. The van der Waals surface area contributed by atoms with Gasteiger partial charge in [0.05, 0.1) is 5.92 Å². The number of carboxylic acid groups (broad SMARTS) is 1. The van der Waals surface area contributed by atoms with E-state index in [1.54, 1.807) is 24.3 Å². The quantitative estimate of drug-likeness (QED) is 0.322. The van der Waals surface area contributed by atoms with Crippen LogP contribution in [0.5, 0.6) is 5.75 Å². The van der Waals surface area contributed by atoms with E-state index in [-0.39, 0.29) is 30.1 Å². The maximum atomic E-state index is 12.9. The summed E-state index contributed by atoms with van der Waals surface area (Å²) in [7, 11) is 0. The highest BCUT2D eigenvalue weighted by Gasteiger charge is 2.31. The Labute approximate surface area is 221 Å². The summed E-state index contributed by atoms with van der Waals surface area (Å²) in [6.45, 7) is 4.87. The summed E-state index contributed by atoms with van der Waals surface area (Å²) in [6, 6.07) is 12.6. The third-order valence-corrected chi connectivity index (χ3v) is 6.00. The number of nitrogens with zero attached hydrogens (tertiary/aromatic N) is 1. The van der Waals surface area contributed by atoms with E-state index in [1.165, 1.54) is 31.2 Å². The minimum atomic E-state index is -4.77. The Morgan fingerprint density at radius 3 is 2.10 bits per heavy atom. The first-order chi connectivity index (χ1) is 18.2. The molecule has 2 aromatic carbocycles. The van der Waals surface area contributed by atoms with Crippen molar-refractivity contribution in [1.29, 1.82) is 0 Å². The van der Waals surface area contributed by atoms with Crippen molar-refractivity contribution in [3.8, 4) is 16.9 Å². The lowest BCUT2D eigenvalue weighted by Crippen LogP contribution is -2.34. The molecule has 1 unspecified atom stereocenters. The Kier molecular flexibility index (Phi) is 8.58. The van der Waals surface area contributed by atoms with Crippen LogP contribution in [-0.2, 0) is 10.2 Å². The molecule has 0 radical (unpaired) electrons. The van der Waals surface area contributed by atoms with Crippen molar-refractivity contribution >= 4 is 17.7 Å². The molecule has 1 aromatic heterocycles. The SMILES string of the molecule is CC(CNC(=O)c1ncc(C(=O)CC(C)(C)c2ccc(-c3ccc(OC(F)(F)F)cc3)cc2)c(=O)[nH]1)C(=O)O. The van der Waals surface area contributed by atoms with Crippen molar-refractivity contribution in [2.75, 3.05) is 6.54 Å². The van der Waals surface area contributed by atoms with Gasteiger partial charge in [0, 0.05) is 19.2 Å². The Morgan fingerprint density at radius 1 is 1.03 bits per heavy atom. The maximum absolute atomic E-state index is 12.9. The number of aromatic nitrogens is 2. The molecule has 0 saturated heterocycles. The fourth-order valence-electron chi connectivity index (χ4n) is 3.69. The van der Waals surface area contributed by atoms with Gasteiger partial charge in [-0.25, -0.2) is 4.98 Å². The number of halogens is 3. The number of carboxylic acids is 1. The molecule has 0 aliphatic carbocycles. The number of Topliss-reactive ketones (excluding diaryl/α,β-unsaturated/α-hetero) is 1. The molecule has 0 spiro atoms. The number of H-pyrrole nitrogens is 1. The fourth-order valence-corrected chi connectivity index (χ4v) is 3.69. The van der Waals surface area contributed by atoms with Crippen LogP contribution in [0.25, 0.3) is 11.1 Å². The van der Waals surface area contributed by atoms with E-state index >= 15 is 0 Å². The van der Waals surface area contributed by atoms with Gasteiger partial charge in [-0.3, -0.25) is 19.2 Å². The molecule has 0 fully saturated rings. The number of carbonyl (C=O) groups excluding carboxylic acids is 2. The van der Waals surface area contributed by atoms with E-state index in [4.69, 9.17) is 5.11 Å². The van der Waals surface area contributed by atoms with E-state index < -0.39 is 40.9 Å². The second-order valence-electron chi connectivity index (χ2n) is 9.56. The number of aliphatic carboxylic acids is 1. The van der Waals surface area contributed by atoms with E-state index in [0.717, 1.165) is 17.3 Å². The van der Waals surface area contributed by atoms with Crippen molar-refractivity contribution in [2.45, 2.75) is 39.0 Å². The molecule has 9 nitrogen and oxygen atoms in total. The molecular weight excluding hydrogens is 519 g/mol. The first kappa shape index (κ1) is 29.1. The molecule has 39 heavy (non-hydrogen) atoms. The molecule has 0 aliphatic rings. The van der Waals surface area contributed by atoms with Gasteiger partial charge >= 0.3 is 12.3 Å². The van der Waals surface area contributed by atoms with E-state index in [1.807, 2.05) is 13.8 Å². The summed E-state index contributed by atoms with van der Waals surface area (Å²) in [5.74, 6) is -3.87. The second kappa shape index (κ2) is 11.5. The molecule has 0 bridgehead atoms. The Balaban J connectivity index is 1.68. The highest BCUT2D eigenvalue weighted by molar-refractivity contribution is 5.97. The first-order valence-electron chi connectivity index (χ1n) is 11.8. The largest absolute Gasteiger partial charge is 0.573 e. The van der Waals surface area contributed by atoms with Crippen molar-refractivity contribution in [1.82, 2.24) is 15.3 Å². The van der Waals surface area contributed by atoms with Crippen LogP contribution in [0.4, 0.5) is 13.2 Å². The van der Waals surface area contributed by atoms with Crippen LogP contribution in [0.3, 0.4) is 0 Å². The molecule has 0 aliphatic heterocycles. The van der Waals surface area contributed by atoms with Gasteiger partial charge in [-0.1, -0.05) is 57.2 Å². The minimum Gasteiger partial charge on any atom is -0.481 e. The molecule has 3 N–H and O–H groups in total. The molecule has 12 heteroatoms. The Hall–Kier alpha value is -4.48. The average molecular weight is 546 g/mol. The van der Waals surface area contributed by atoms with Gasteiger partial charge < -0.3 is 20.1 Å². The highest BCUT2D eigenvalue weighted by atomic mass is 19.4. The fraction of sp³-hybridized carbons (Fsp3) is 0.296. The molecule has 0 saturated carbocycles. The number of hydrogen-bond donors (Lipinski definition) is 3. The zero-order valence-electron chi connectivity index (χ0n) is 21.3. The number of rotatable bonds is 10. The van der Waals surface area contributed by atoms with E-state index in [9.17, 15) is 32.3 Å². The molecular formula is C27H26F3N3O6. The van der Waals surface area contributed by atoms with Gasteiger partial charge in [0.2, 0.25) is 0 Å². The van der Waals surface area contributed by atoms with Gasteiger partial charge in [0.15, 0.2) is 11.6 Å². The van der Waals surface area contributed by atoms with Crippen molar-refractivity contribution in [3.63, 3.8) is 0 Å². The lowest BCUT2D eigenvalue weighted by Gasteiger charge is -2.24. The lowest BCUT2D eigenvalue weighted by molar-refractivity contribution is -0.274. The van der Waals surface area contributed by atoms with E-state index in [0.29, 0.717) is 5.56 Å². The number of amides is 1. The summed E-state index contributed by atoms with van der Waals surface area (Å²) >= 11 is 0. The number of ketones is 1. The van der Waals surface area contributed by atoms with E-state index in [2.05, 4.69) is 20.0 Å². The predicted molar refractivity (Wildman–Crippen MR) is 135 cm³/mol. The first-order valence-corrected chi connectivity index (χ1v) is 11.8. The van der Waals surface area contributed by atoms with Crippen LogP contribution >= 0.6 is 0 Å².